The summed E-state index contributed by atoms with van der Waals surface area (Å²) < 4.78 is 25.0. The molecule has 2 aliphatic carbocycles. The minimum Gasteiger partial charge on any atom is -0.497 e. The van der Waals surface area contributed by atoms with Gasteiger partial charge in [0.25, 0.3) is 0 Å². The number of fused-ring (bicyclic) bond motifs is 10. The van der Waals surface area contributed by atoms with Crippen LogP contribution in [0, 0.1) is 0 Å². The topological polar surface area (TPSA) is 57.2 Å². The molecule has 1 saturated carbocycles. The van der Waals surface area contributed by atoms with Gasteiger partial charge in [-0.25, -0.2) is 0 Å². The molecule has 1 spiro atoms. The van der Waals surface area contributed by atoms with Gasteiger partial charge in [-0.1, -0.05) is 80.6 Å². The van der Waals surface area contributed by atoms with E-state index in [1.54, 1.807) is 14.2 Å². The quantitative estimate of drug-likeness (QED) is 0.165. The first-order chi connectivity index (χ1) is 25.6. The van der Waals surface area contributed by atoms with E-state index in [1.807, 2.05) is 24.3 Å². The van der Waals surface area contributed by atoms with Crippen LogP contribution in [0.2, 0.25) is 0 Å². The molecule has 2 fully saturated rings. The van der Waals surface area contributed by atoms with Crippen molar-refractivity contribution in [3.05, 3.63) is 124 Å². The number of carbonyl (C=O) groups is 1. The standard InChI is InChI=1S/C46H45NO5/c1-49-35-16-18-37-40(28-35)44-39(43-42(37)38-19-17-36(50-2)29-41(38)45(43)21-6-4-3-5-7-22-45)20-23-46(52-44,32-10-8-31(30-48)9-11-32)33-12-14-34(15-13-33)47-24-26-51-27-25-47/h8-20,23,28-30H,3-7,21-22,24-27H2,1-2H3. The number of benzene rings is 5. The van der Waals surface area contributed by atoms with E-state index in [2.05, 4.69) is 77.7 Å². The molecule has 9 rings (SSSR count). The van der Waals surface area contributed by atoms with Crippen LogP contribution in [-0.4, -0.2) is 46.8 Å². The summed E-state index contributed by atoms with van der Waals surface area (Å²) in [7, 11) is 3.49. The maximum Gasteiger partial charge on any atom is 0.178 e. The third-order valence-electron chi connectivity index (χ3n) is 12.1. The van der Waals surface area contributed by atoms with E-state index in [9.17, 15) is 4.79 Å². The first kappa shape index (κ1) is 32.8. The van der Waals surface area contributed by atoms with Gasteiger partial charge in [0.05, 0.1) is 27.4 Å². The summed E-state index contributed by atoms with van der Waals surface area (Å²) in [6.07, 6.45) is 13.8. The lowest BCUT2D eigenvalue weighted by Crippen LogP contribution is -2.37. The Labute approximate surface area is 306 Å². The summed E-state index contributed by atoms with van der Waals surface area (Å²) in [5, 5.41) is 2.20. The van der Waals surface area contributed by atoms with Crippen molar-refractivity contribution in [1.82, 2.24) is 0 Å². The summed E-state index contributed by atoms with van der Waals surface area (Å²) in [5.74, 6) is 2.56. The molecule has 5 aromatic carbocycles. The van der Waals surface area contributed by atoms with Crippen molar-refractivity contribution in [2.45, 2.75) is 56.0 Å². The van der Waals surface area contributed by atoms with Gasteiger partial charge in [-0.2, -0.15) is 0 Å². The molecule has 4 aliphatic rings. The van der Waals surface area contributed by atoms with Gasteiger partial charge in [-0.3, -0.25) is 4.79 Å². The molecule has 1 atom stereocenters. The zero-order valence-corrected chi connectivity index (χ0v) is 30.1. The molecule has 0 N–H and O–H groups in total. The summed E-state index contributed by atoms with van der Waals surface area (Å²) >= 11 is 0. The summed E-state index contributed by atoms with van der Waals surface area (Å²) in [4.78, 5) is 14.1. The first-order valence-electron chi connectivity index (χ1n) is 18.8. The van der Waals surface area contributed by atoms with Crippen LogP contribution in [0.15, 0.2) is 91.0 Å². The number of anilines is 1. The highest BCUT2D eigenvalue weighted by molar-refractivity contribution is 6.09. The highest BCUT2D eigenvalue weighted by atomic mass is 16.5. The summed E-state index contributed by atoms with van der Waals surface area (Å²) in [6, 6.07) is 29.8. The van der Waals surface area contributed by atoms with Gasteiger partial charge in [-0.05, 0) is 89.0 Å². The van der Waals surface area contributed by atoms with Crippen LogP contribution in [0.1, 0.15) is 83.1 Å². The lowest BCUT2D eigenvalue weighted by atomic mass is 9.67. The average molecular weight is 692 g/mol. The second-order valence-corrected chi connectivity index (χ2v) is 14.7. The lowest BCUT2D eigenvalue weighted by molar-refractivity contribution is 0.112. The number of hydrogen-bond donors (Lipinski definition) is 0. The highest BCUT2D eigenvalue weighted by Gasteiger charge is 2.48. The van der Waals surface area contributed by atoms with Gasteiger partial charge < -0.3 is 23.8 Å². The zero-order chi connectivity index (χ0) is 35.3. The Morgan fingerprint density at radius 1 is 0.731 bits per heavy atom. The Kier molecular flexibility index (Phi) is 8.31. The van der Waals surface area contributed by atoms with E-state index in [-0.39, 0.29) is 5.41 Å². The minimum atomic E-state index is -0.940. The van der Waals surface area contributed by atoms with E-state index >= 15 is 0 Å². The predicted octanol–water partition coefficient (Wildman–Crippen LogP) is 9.87. The normalized spacial score (nSPS) is 20.3. The molecule has 52 heavy (non-hydrogen) atoms. The van der Waals surface area contributed by atoms with Gasteiger partial charge in [0.15, 0.2) is 5.60 Å². The Morgan fingerprint density at radius 2 is 1.38 bits per heavy atom. The fraction of sp³-hybridized carbons (Fsp3) is 0.326. The van der Waals surface area contributed by atoms with Crippen LogP contribution in [0.4, 0.5) is 5.69 Å². The lowest BCUT2D eigenvalue weighted by Gasteiger charge is -2.40. The van der Waals surface area contributed by atoms with E-state index < -0.39 is 5.60 Å². The molecule has 6 heteroatoms. The molecule has 2 heterocycles. The van der Waals surface area contributed by atoms with Crippen LogP contribution >= 0.6 is 0 Å². The SMILES string of the molecule is COc1ccc2c(c1)C1(CCCCCCC1)c1c3c(c4cc(OC)ccc4c1-2)OC(c1ccc(C=O)cc1)(c1ccc(N2CCOCC2)cc1)C=C3. The molecule has 1 unspecified atom stereocenters. The van der Waals surface area contributed by atoms with Crippen LogP contribution < -0.4 is 19.1 Å². The van der Waals surface area contributed by atoms with Crippen LogP contribution in [0.5, 0.6) is 17.2 Å². The maximum absolute atomic E-state index is 11.8. The van der Waals surface area contributed by atoms with Gasteiger partial charge in [0.1, 0.15) is 23.5 Å². The van der Waals surface area contributed by atoms with Crippen molar-refractivity contribution in [2.24, 2.45) is 0 Å². The Balaban J connectivity index is 1.30. The number of hydrogen-bond acceptors (Lipinski definition) is 6. The van der Waals surface area contributed by atoms with Crippen molar-refractivity contribution in [3.8, 4) is 28.4 Å². The molecular weight excluding hydrogens is 647 g/mol. The second-order valence-electron chi connectivity index (χ2n) is 14.7. The summed E-state index contributed by atoms with van der Waals surface area (Å²) in [5.41, 5.74) is 9.21. The molecule has 1 saturated heterocycles. The largest absolute Gasteiger partial charge is 0.497 e. The molecule has 6 nitrogen and oxygen atoms in total. The minimum absolute atomic E-state index is 0.156. The van der Waals surface area contributed by atoms with Crippen LogP contribution in [-0.2, 0) is 15.8 Å². The van der Waals surface area contributed by atoms with E-state index in [0.717, 1.165) is 84.8 Å². The van der Waals surface area contributed by atoms with Crippen LogP contribution in [0.3, 0.4) is 0 Å². The van der Waals surface area contributed by atoms with Crippen molar-refractivity contribution in [3.63, 3.8) is 0 Å². The van der Waals surface area contributed by atoms with Gasteiger partial charge in [0, 0.05) is 51.8 Å². The molecule has 0 aromatic heterocycles. The maximum atomic E-state index is 11.8. The zero-order valence-electron chi connectivity index (χ0n) is 30.1. The van der Waals surface area contributed by atoms with E-state index in [4.69, 9.17) is 18.9 Å². The van der Waals surface area contributed by atoms with E-state index in [0.29, 0.717) is 5.56 Å². The van der Waals surface area contributed by atoms with E-state index in [1.165, 1.54) is 65.4 Å². The molecule has 2 aliphatic heterocycles. The Hall–Kier alpha value is -5.07. The third kappa shape index (κ3) is 5.14. The van der Waals surface area contributed by atoms with Crippen molar-refractivity contribution in [1.29, 1.82) is 0 Å². The number of ether oxygens (including phenoxy) is 4. The average Bonchev–Trinajstić information content (AvgIpc) is 3.49. The number of nitrogens with zero attached hydrogens (tertiary/aromatic N) is 1. The molecule has 5 aromatic rings. The Bertz CT molecular complexity index is 2170. The molecular formula is C46H45NO5. The predicted molar refractivity (Wildman–Crippen MR) is 207 cm³/mol. The number of rotatable bonds is 6. The first-order valence-corrected chi connectivity index (χ1v) is 18.8. The summed E-state index contributed by atoms with van der Waals surface area (Å²) in [6.45, 7) is 3.21. The second kappa shape index (κ2) is 13.2. The van der Waals surface area contributed by atoms with Crippen LogP contribution in [0.25, 0.3) is 28.0 Å². The molecule has 264 valence electrons. The fourth-order valence-corrected chi connectivity index (χ4v) is 9.48. The molecule has 0 radical (unpaired) electrons. The van der Waals surface area contributed by atoms with Gasteiger partial charge in [-0.15, -0.1) is 0 Å². The number of carbonyl (C=O) groups excluding carboxylic acids is 1. The molecule has 0 amide bonds. The third-order valence-corrected chi connectivity index (χ3v) is 12.1. The van der Waals surface area contributed by atoms with Gasteiger partial charge in [0.2, 0.25) is 0 Å². The van der Waals surface area contributed by atoms with Crippen molar-refractivity contribution in [2.75, 3.05) is 45.4 Å². The smallest absolute Gasteiger partial charge is 0.178 e. The number of morpholine rings is 1. The number of aldehydes is 1. The Morgan fingerprint density at radius 3 is 2.08 bits per heavy atom. The fourth-order valence-electron chi connectivity index (χ4n) is 9.48. The molecule has 0 bridgehead atoms. The number of methoxy groups -OCH3 is 2. The van der Waals surface area contributed by atoms with Gasteiger partial charge >= 0.3 is 0 Å². The van der Waals surface area contributed by atoms with Crippen molar-refractivity contribution < 1.29 is 23.7 Å². The van der Waals surface area contributed by atoms with Crippen molar-refractivity contribution >= 4 is 28.8 Å². The monoisotopic (exact) mass is 691 g/mol. The highest BCUT2D eigenvalue weighted by Crippen LogP contribution is 2.62.